The average molecular weight is 181 g/mol. The second-order valence-corrected chi connectivity index (χ2v) is 4.35. The van der Waals surface area contributed by atoms with Gasteiger partial charge in [-0.25, -0.2) is 0 Å². The predicted octanol–water partition coefficient (Wildman–Crippen LogP) is 3.15. The fourth-order valence-corrected chi connectivity index (χ4v) is 2.03. The molecule has 1 aliphatic carbocycles. The quantitative estimate of drug-likeness (QED) is 0.473. The van der Waals surface area contributed by atoms with Crippen molar-refractivity contribution < 1.29 is 4.84 Å². The number of rotatable bonds is 2. The number of hydrogen-bond donors (Lipinski definition) is 0. The molecule has 0 aromatic rings. The van der Waals surface area contributed by atoms with Gasteiger partial charge in [-0.2, -0.15) is 0 Å². The highest BCUT2D eigenvalue weighted by Gasteiger charge is 2.27. The molecule has 0 atom stereocenters. The van der Waals surface area contributed by atoms with Crippen LogP contribution in [-0.2, 0) is 4.84 Å². The molecule has 1 rings (SSSR count). The summed E-state index contributed by atoms with van der Waals surface area (Å²) in [6.07, 6.45) is 5.61. The van der Waals surface area contributed by atoms with Crippen LogP contribution in [-0.4, -0.2) is 13.3 Å². The molecule has 0 N–H and O–H groups in total. The number of allylic oxidation sites excluding steroid dienone is 2. The third-order valence-electron chi connectivity index (χ3n) is 2.83. The lowest BCUT2D eigenvalue weighted by Crippen LogP contribution is -2.21. The topological polar surface area (TPSA) is 21.6 Å². The first-order valence-electron chi connectivity index (χ1n) is 4.84. The molecule has 74 valence electrons. The van der Waals surface area contributed by atoms with Crippen molar-refractivity contribution in [2.24, 2.45) is 10.6 Å². The molecule has 0 unspecified atom stereocenters. The normalized spacial score (nSPS) is 22.5. The molecule has 2 nitrogen and oxygen atoms in total. The van der Waals surface area contributed by atoms with Gasteiger partial charge < -0.3 is 4.84 Å². The van der Waals surface area contributed by atoms with E-state index in [9.17, 15) is 0 Å². The van der Waals surface area contributed by atoms with Crippen molar-refractivity contribution in [3.05, 3.63) is 11.1 Å². The SMILES string of the molecule is CON=CC1=C(C)CCCC1(C)C. The lowest BCUT2D eigenvalue weighted by molar-refractivity contribution is 0.214. The van der Waals surface area contributed by atoms with E-state index >= 15 is 0 Å². The fourth-order valence-electron chi connectivity index (χ4n) is 2.03. The Morgan fingerprint density at radius 2 is 2.15 bits per heavy atom. The van der Waals surface area contributed by atoms with E-state index in [0.717, 1.165) is 0 Å². The maximum absolute atomic E-state index is 4.72. The fraction of sp³-hybridized carbons (Fsp3) is 0.727. The van der Waals surface area contributed by atoms with Crippen molar-refractivity contribution in [3.8, 4) is 0 Å². The van der Waals surface area contributed by atoms with Gasteiger partial charge in [0.25, 0.3) is 0 Å². The molecular formula is C11H19NO. The minimum Gasteiger partial charge on any atom is -0.399 e. The standard InChI is InChI=1S/C11H19NO/c1-9-6-5-7-11(2,3)10(9)8-12-13-4/h8H,5-7H2,1-4H3. The van der Waals surface area contributed by atoms with Gasteiger partial charge in [0.2, 0.25) is 0 Å². The van der Waals surface area contributed by atoms with Gasteiger partial charge in [-0.05, 0) is 37.2 Å². The Bertz CT molecular complexity index is 238. The minimum atomic E-state index is 0.268. The second kappa shape index (κ2) is 3.95. The van der Waals surface area contributed by atoms with E-state index in [4.69, 9.17) is 4.84 Å². The van der Waals surface area contributed by atoms with E-state index in [1.807, 2.05) is 6.21 Å². The molecule has 1 aliphatic rings. The zero-order chi connectivity index (χ0) is 9.90. The lowest BCUT2D eigenvalue weighted by Gasteiger charge is -2.32. The van der Waals surface area contributed by atoms with Crippen LogP contribution in [0.4, 0.5) is 0 Å². The first-order valence-corrected chi connectivity index (χ1v) is 4.84. The smallest absolute Gasteiger partial charge is 0.106 e. The Morgan fingerprint density at radius 3 is 2.69 bits per heavy atom. The molecule has 13 heavy (non-hydrogen) atoms. The van der Waals surface area contributed by atoms with Crippen LogP contribution in [0.3, 0.4) is 0 Å². The van der Waals surface area contributed by atoms with Crippen LogP contribution in [0, 0.1) is 5.41 Å². The highest BCUT2D eigenvalue weighted by atomic mass is 16.6. The van der Waals surface area contributed by atoms with E-state index in [2.05, 4.69) is 25.9 Å². The summed E-state index contributed by atoms with van der Waals surface area (Å²) in [6.45, 7) is 6.73. The van der Waals surface area contributed by atoms with Crippen molar-refractivity contribution in [2.45, 2.75) is 40.0 Å². The summed E-state index contributed by atoms with van der Waals surface area (Å²) >= 11 is 0. The van der Waals surface area contributed by atoms with Gasteiger partial charge in [0.05, 0.1) is 6.21 Å². The predicted molar refractivity (Wildman–Crippen MR) is 55.8 cm³/mol. The zero-order valence-electron chi connectivity index (χ0n) is 9.05. The highest BCUT2D eigenvalue weighted by Crippen LogP contribution is 2.38. The molecule has 0 radical (unpaired) electrons. The van der Waals surface area contributed by atoms with E-state index in [1.165, 1.54) is 30.4 Å². The van der Waals surface area contributed by atoms with Crippen molar-refractivity contribution in [1.29, 1.82) is 0 Å². The van der Waals surface area contributed by atoms with Crippen LogP contribution >= 0.6 is 0 Å². The molecule has 0 aliphatic heterocycles. The Kier molecular flexibility index (Phi) is 3.12. The molecule has 0 heterocycles. The van der Waals surface area contributed by atoms with Crippen LogP contribution in [0.2, 0.25) is 0 Å². The Balaban J connectivity index is 2.91. The Hall–Kier alpha value is -0.790. The summed E-state index contributed by atoms with van der Waals surface area (Å²) in [5, 5.41) is 3.86. The number of oxime groups is 1. The van der Waals surface area contributed by atoms with Crippen LogP contribution in [0.15, 0.2) is 16.3 Å². The number of nitrogens with zero attached hydrogens (tertiary/aromatic N) is 1. The van der Waals surface area contributed by atoms with Crippen molar-refractivity contribution >= 4 is 6.21 Å². The third-order valence-corrected chi connectivity index (χ3v) is 2.83. The summed E-state index contributed by atoms with van der Waals surface area (Å²) < 4.78 is 0. The zero-order valence-corrected chi connectivity index (χ0v) is 9.05. The lowest BCUT2D eigenvalue weighted by atomic mass is 9.73. The summed E-state index contributed by atoms with van der Waals surface area (Å²) in [5.41, 5.74) is 3.07. The van der Waals surface area contributed by atoms with Gasteiger partial charge in [0.1, 0.15) is 7.11 Å². The van der Waals surface area contributed by atoms with E-state index in [-0.39, 0.29) is 5.41 Å². The van der Waals surface area contributed by atoms with Crippen LogP contribution in [0.25, 0.3) is 0 Å². The molecule has 0 saturated carbocycles. The summed E-state index contributed by atoms with van der Waals surface area (Å²) in [7, 11) is 1.59. The van der Waals surface area contributed by atoms with Gasteiger partial charge >= 0.3 is 0 Å². The van der Waals surface area contributed by atoms with E-state index < -0.39 is 0 Å². The van der Waals surface area contributed by atoms with Crippen LogP contribution in [0.5, 0.6) is 0 Å². The molecule has 0 aromatic carbocycles. The summed E-state index contributed by atoms with van der Waals surface area (Å²) in [6, 6.07) is 0. The van der Waals surface area contributed by atoms with Crippen molar-refractivity contribution in [3.63, 3.8) is 0 Å². The first kappa shape index (κ1) is 10.3. The number of hydrogen-bond acceptors (Lipinski definition) is 2. The molecular weight excluding hydrogens is 162 g/mol. The van der Waals surface area contributed by atoms with Gasteiger partial charge in [0.15, 0.2) is 0 Å². The van der Waals surface area contributed by atoms with Gasteiger partial charge in [0, 0.05) is 0 Å². The highest BCUT2D eigenvalue weighted by molar-refractivity contribution is 5.81. The van der Waals surface area contributed by atoms with Gasteiger partial charge in [-0.15, -0.1) is 0 Å². The van der Waals surface area contributed by atoms with Crippen molar-refractivity contribution in [2.75, 3.05) is 7.11 Å². The summed E-state index contributed by atoms with van der Waals surface area (Å²) in [5.74, 6) is 0. The van der Waals surface area contributed by atoms with Crippen molar-refractivity contribution in [1.82, 2.24) is 0 Å². The monoisotopic (exact) mass is 181 g/mol. The van der Waals surface area contributed by atoms with Crippen LogP contribution in [0.1, 0.15) is 40.0 Å². The molecule has 0 bridgehead atoms. The largest absolute Gasteiger partial charge is 0.399 e. The Labute approximate surface area is 80.7 Å². The van der Waals surface area contributed by atoms with E-state index in [1.54, 1.807) is 7.11 Å². The van der Waals surface area contributed by atoms with Gasteiger partial charge in [-0.1, -0.05) is 24.6 Å². The summed E-state index contributed by atoms with van der Waals surface area (Å²) in [4.78, 5) is 4.72. The maximum Gasteiger partial charge on any atom is 0.106 e. The third kappa shape index (κ3) is 2.33. The first-order chi connectivity index (χ1) is 6.08. The molecule has 2 heteroatoms. The minimum absolute atomic E-state index is 0.268. The average Bonchev–Trinajstić information content (AvgIpc) is 2.02. The van der Waals surface area contributed by atoms with Crippen LogP contribution < -0.4 is 0 Å². The molecule has 0 saturated heterocycles. The molecule has 0 aromatic heterocycles. The molecule has 0 amide bonds. The molecule has 0 fully saturated rings. The Morgan fingerprint density at radius 1 is 1.46 bits per heavy atom. The van der Waals surface area contributed by atoms with E-state index in [0.29, 0.717) is 0 Å². The maximum atomic E-state index is 4.72. The molecule has 0 spiro atoms. The van der Waals surface area contributed by atoms with Gasteiger partial charge in [-0.3, -0.25) is 0 Å². The second-order valence-electron chi connectivity index (χ2n) is 4.35.